The zero-order valence-corrected chi connectivity index (χ0v) is 12.9. The Morgan fingerprint density at radius 2 is 1.87 bits per heavy atom. The van der Waals surface area contributed by atoms with Gasteiger partial charge in [0.25, 0.3) is 0 Å². The molecule has 5 heteroatoms. The van der Waals surface area contributed by atoms with Crippen LogP contribution in [0, 0.1) is 5.82 Å². The molecule has 2 aromatic carbocycles. The molecule has 1 aliphatic heterocycles. The molecule has 4 nitrogen and oxygen atoms in total. The second kappa shape index (κ2) is 7.24. The number of hydrogen-bond acceptors (Lipinski definition) is 3. The number of carbonyl (C=O) groups is 1. The van der Waals surface area contributed by atoms with Crippen LogP contribution in [0.5, 0.6) is 0 Å². The molecule has 0 bridgehead atoms. The highest BCUT2D eigenvalue weighted by Crippen LogP contribution is 2.13. The van der Waals surface area contributed by atoms with Crippen LogP contribution in [-0.4, -0.2) is 17.5 Å². The Labute approximate surface area is 135 Å². The van der Waals surface area contributed by atoms with Crippen molar-refractivity contribution < 1.29 is 9.18 Å². The molecule has 2 aromatic rings. The SMILES string of the molecule is O=C1CCCN1NCc1ccc(NCc2cccc(F)c2)cc1. The quantitative estimate of drug-likeness (QED) is 0.861. The zero-order valence-electron chi connectivity index (χ0n) is 12.9. The van der Waals surface area contributed by atoms with Crippen LogP contribution in [0.15, 0.2) is 48.5 Å². The number of anilines is 1. The standard InChI is InChI=1S/C18H20FN3O/c19-16-4-1-3-15(11-16)12-20-17-8-6-14(7-9-17)13-21-22-10-2-5-18(22)23/h1,3-4,6-9,11,20-21H,2,5,10,12-13H2. The summed E-state index contributed by atoms with van der Waals surface area (Å²) in [5.41, 5.74) is 6.15. The Bertz CT molecular complexity index is 672. The van der Waals surface area contributed by atoms with Gasteiger partial charge in [0.05, 0.1) is 0 Å². The van der Waals surface area contributed by atoms with Gasteiger partial charge in [0.15, 0.2) is 0 Å². The van der Waals surface area contributed by atoms with Crippen molar-refractivity contribution in [3.05, 3.63) is 65.5 Å². The van der Waals surface area contributed by atoms with Gasteiger partial charge in [-0.05, 0) is 41.8 Å². The summed E-state index contributed by atoms with van der Waals surface area (Å²) < 4.78 is 13.1. The third-order valence-electron chi connectivity index (χ3n) is 3.89. The molecule has 0 radical (unpaired) electrons. The Morgan fingerprint density at radius 1 is 1.04 bits per heavy atom. The molecule has 1 fully saturated rings. The summed E-state index contributed by atoms with van der Waals surface area (Å²) in [6.07, 6.45) is 1.56. The van der Waals surface area contributed by atoms with Crippen molar-refractivity contribution >= 4 is 11.6 Å². The molecular formula is C18H20FN3O. The third-order valence-corrected chi connectivity index (χ3v) is 3.89. The van der Waals surface area contributed by atoms with Gasteiger partial charge in [-0.1, -0.05) is 24.3 Å². The highest BCUT2D eigenvalue weighted by molar-refractivity contribution is 5.77. The third kappa shape index (κ3) is 4.29. The van der Waals surface area contributed by atoms with Crippen LogP contribution >= 0.6 is 0 Å². The van der Waals surface area contributed by atoms with E-state index in [1.54, 1.807) is 11.1 Å². The van der Waals surface area contributed by atoms with E-state index in [0.717, 1.165) is 29.8 Å². The normalized spacial score (nSPS) is 14.3. The first-order valence-corrected chi connectivity index (χ1v) is 7.82. The van der Waals surface area contributed by atoms with E-state index in [-0.39, 0.29) is 11.7 Å². The Kier molecular flexibility index (Phi) is 4.88. The van der Waals surface area contributed by atoms with Crippen LogP contribution in [0.3, 0.4) is 0 Å². The minimum Gasteiger partial charge on any atom is -0.381 e. The Balaban J connectivity index is 1.49. The fourth-order valence-corrected chi connectivity index (χ4v) is 2.59. The van der Waals surface area contributed by atoms with Crippen molar-refractivity contribution in [2.45, 2.75) is 25.9 Å². The van der Waals surface area contributed by atoms with E-state index in [1.807, 2.05) is 30.3 Å². The van der Waals surface area contributed by atoms with Gasteiger partial charge in [-0.15, -0.1) is 0 Å². The van der Waals surface area contributed by atoms with Crippen LogP contribution in [-0.2, 0) is 17.9 Å². The van der Waals surface area contributed by atoms with Crippen molar-refractivity contribution in [2.75, 3.05) is 11.9 Å². The first-order valence-electron chi connectivity index (χ1n) is 7.82. The first-order chi connectivity index (χ1) is 11.2. The Morgan fingerprint density at radius 3 is 2.57 bits per heavy atom. The number of amides is 1. The highest BCUT2D eigenvalue weighted by atomic mass is 19.1. The predicted octanol–water partition coefficient (Wildman–Crippen LogP) is 3.06. The van der Waals surface area contributed by atoms with E-state index >= 15 is 0 Å². The van der Waals surface area contributed by atoms with Gasteiger partial charge in [0.2, 0.25) is 5.91 Å². The average molecular weight is 313 g/mol. The number of halogens is 1. The van der Waals surface area contributed by atoms with Crippen LogP contribution in [0.2, 0.25) is 0 Å². The molecule has 1 aliphatic rings. The van der Waals surface area contributed by atoms with Crippen LogP contribution in [0.25, 0.3) is 0 Å². The van der Waals surface area contributed by atoms with Crippen LogP contribution in [0.4, 0.5) is 10.1 Å². The molecule has 0 aromatic heterocycles. The van der Waals surface area contributed by atoms with Gasteiger partial charge >= 0.3 is 0 Å². The number of nitrogens with zero attached hydrogens (tertiary/aromatic N) is 1. The largest absolute Gasteiger partial charge is 0.381 e. The molecule has 1 amide bonds. The number of hydrazine groups is 1. The van der Waals surface area contributed by atoms with E-state index in [2.05, 4.69) is 10.7 Å². The molecule has 2 N–H and O–H groups in total. The molecular weight excluding hydrogens is 293 g/mol. The van der Waals surface area contributed by atoms with Gasteiger partial charge in [-0.25, -0.2) is 9.82 Å². The maximum Gasteiger partial charge on any atom is 0.236 e. The van der Waals surface area contributed by atoms with Gasteiger partial charge < -0.3 is 5.32 Å². The molecule has 0 saturated carbocycles. The molecule has 120 valence electrons. The molecule has 23 heavy (non-hydrogen) atoms. The number of benzene rings is 2. The lowest BCUT2D eigenvalue weighted by molar-refractivity contribution is -0.130. The summed E-state index contributed by atoms with van der Waals surface area (Å²) in [6.45, 7) is 2.00. The van der Waals surface area contributed by atoms with Crippen molar-refractivity contribution in [3.8, 4) is 0 Å². The molecule has 3 rings (SSSR count). The van der Waals surface area contributed by atoms with Crippen molar-refractivity contribution in [2.24, 2.45) is 0 Å². The monoisotopic (exact) mass is 313 g/mol. The summed E-state index contributed by atoms with van der Waals surface area (Å²) in [4.78, 5) is 11.5. The van der Waals surface area contributed by atoms with Gasteiger partial charge in [-0.3, -0.25) is 9.80 Å². The van der Waals surface area contributed by atoms with Gasteiger partial charge in [0.1, 0.15) is 5.82 Å². The molecule has 0 aliphatic carbocycles. The first kappa shape index (κ1) is 15.5. The summed E-state index contributed by atoms with van der Waals surface area (Å²) >= 11 is 0. The molecule has 0 atom stereocenters. The predicted molar refractivity (Wildman–Crippen MR) is 88.0 cm³/mol. The second-order valence-electron chi connectivity index (χ2n) is 5.66. The number of rotatable bonds is 6. The minimum atomic E-state index is -0.220. The highest BCUT2D eigenvalue weighted by Gasteiger charge is 2.19. The van der Waals surface area contributed by atoms with Gasteiger partial charge in [0, 0.05) is 31.7 Å². The van der Waals surface area contributed by atoms with E-state index in [1.165, 1.54) is 12.1 Å². The lowest BCUT2D eigenvalue weighted by atomic mass is 10.2. The molecule has 1 heterocycles. The van der Waals surface area contributed by atoms with Crippen molar-refractivity contribution in [3.63, 3.8) is 0 Å². The van der Waals surface area contributed by atoms with Crippen molar-refractivity contribution in [1.82, 2.24) is 10.4 Å². The second-order valence-corrected chi connectivity index (χ2v) is 5.66. The number of hydrogen-bond donors (Lipinski definition) is 2. The fourth-order valence-electron chi connectivity index (χ4n) is 2.59. The lowest BCUT2D eigenvalue weighted by Gasteiger charge is -2.17. The summed E-state index contributed by atoms with van der Waals surface area (Å²) in [5, 5.41) is 4.96. The van der Waals surface area contributed by atoms with E-state index < -0.39 is 0 Å². The topological polar surface area (TPSA) is 44.4 Å². The lowest BCUT2D eigenvalue weighted by Crippen LogP contribution is -2.38. The molecule has 0 spiro atoms. The molecule has 0 unspecified atom stereocenters. The van der Waals surface area contributed by atoms with Crippen LogP contribution < -0.4 is 10.7 Å². The van der Waals surface area contributed by atoms with E-state index in [9.17, 15) is 9.18 Å². The average Bonchev–Trinajstić information content (AvgIpc) is 2.97. The summed E-state index contributed by atoms with van der Waals surface area (Å²) in [5.74, 6) is -0.0550. The summed E-state index contributed by atoms with van der Waals surface area (Å²) in [6, 6.07) is 14.6. The fraction of sp³-hybridized carbons (Fsp3) is 0.278. The van der Waals surface area contributed by atoms with Crippen LogP contribution in [0.1, 0.15) is 24.0 Å². The molecule has 1 saturated heterocycles. The van der Waals surface area contributed by atoms with E-state index in [0.29, 0.717) is 19.5 Å². The summed E-state index contributed by atoms with van der Waals surface area (Å²) in [7, 11) is 0. The van der Waals surface area contributed by atoms with Gasteiger partial charge in [-0.2, -0.15) is 0 Å². The maximum atomic E-state index is 13.1. The Hall–Kier alpha value is -2.40. The van der Waals surface area contributed by atoms with E-state index in [4.69, 9.17) is 0 Å². The minimum absolute atomic E-state index is 0.165. The zero-order chi connectivity index (χ0) is 16.1. The number of nitrogens with one attached hydrogen (secondary N) is 2. The maximum absolute atomic E-state index is 13.1. The smallest absolute Gasteiger partial charge is 0.236 e. The number of carbonyl (C=O) groups excluding carboxylic acids is 1. The van der Waals surface area contributed by atoms with Crippen molar-refractivity contribution in [1.29, 1.82) is 0 Å².